The summed E-state index contributed by atoms with van der Waals surface area (Å²) in [5, 5.41) is 0. The Morgan fingerprint density at radius 1 is 1.35 bits per heavy atom. The first-order valence-electron chi connectivity index (χ1n) is 7.13. The molecule has 112 valence electrons. The van der Waals surface area contributed by atoms with Crippen molar-refractivity contribution in [3.63, 3.8) is 0 Å². The van der Waals surface area contributed by atoms with Crippen LogP contribution < -0.4 is 11.3 Å². The molecular weight excluding hydrogens is 272 g/mol. The van der Waals surface area contributed by atoms with Crippen molar-refractivity contribution in [1.82, 2.24) is 5.43 Å². The van der Waals surface area contributed by atoms with E-state index in [0.717, 1.165) is 19.3 Å². The van der Waals surface area contributed by atoms with Crippen LogP contribution in [0.5, 0.6) is 0 Å². The SMILES string of the molecule is Cc1cccc(C)c1CC(CC1CCS(=O)(=O)C1)NN. The van der Waals surface area contributed by atoms with E-state index < -0.39 is 9.84 Å². The van der Waals surface area contributed by atoms with Crippen LogP contribution in [0.3, 0.4) is 0 Å². The normalized spacial score (nSPS) is 22.9. The first-order valence-corrected chi connectivity index (χ1v) is 8.95. The van der Waals surface area contributed by atoms with E-state index in [1.165, 1.54) is 16.7 Å². The van der Waals surface area contributed by atoms with Gasteiger partial charge in [0.2, 0.25) is 0 Å². The summed E-state index contributed by atoms with van der Waals surface area (Å²) >= 11 is 0. The average molecular weight is 296 g/mol. The standard InChI is InChI=1S/C15H24N2O2S/c1-11-4-3-5-12(2)15(11)9-14(17-16)8-13-6-7-20(18,19)10-13/h3-5,13-14,17H,6-10,16H2,1-2H3. The van der Waals surface area contributed by atoms with Crippen molar-refractivity contribution in [1.29, 1.82) is 0 Å². The summed E-state index contributed by atoms with van der Waals surface area (Å²) in [6.07, 6.45) is 2.45. The van der Waals surface area contributed by atoms with Gasteiger partial charge < -0.3 is 0 Å². The summed E-state index contributed by atoms with van der Waals surface area (Å²) < 4.78 is 23.1. The van der Waals surface area contributed by atoms with E-state index in [1.54, 1.807) is 0 Å². The smallest absolute Gasteiger partial charge is 0.150 e. The van der Waals surface area contributed by atoms with E-state index in [9.17, 15) is 8.42 Å². The highest BCUT2D eigenvalue weighted by molar-refractivity contribution is 7.91. The second-order valence-electron chi connectivity index (χ2n) is 5.94. The lowest BCUT2D eigenvalue weighted by molar-refractivity contribution is 0.407. The number of hydrogen-bond acceptors (Lipinski definition) is 4. The molecule has 0 aliphatic carbocycles. The summed E-state index contributed by atoms with van der Waals surface area (Å²) in [5.74, 6) is 6.56. The van der Waals surface area contributed by atoms with Gasteiger partial charge in [0.15, 0.2) is 9.84 Å². The summed E-state index contributed by atoms with van der Waals surface area (Å²) in [5.41, 5.74) is 6.72. The minimum Gasteiger partial charge on any atom is -0.271 e. The van der Waals surface area contributed by atoms with Crippen LogP contribution >= 0.6 is 0 Å². The van der Waals surface area contributed by atoms with Crippen LogP contribution in [0.15, 0.2) is 18.2 Å². The number of rotatable bonds is 5. The van der Waals surface area contributed by atoms with Crippen LogP contribution in [0.1, 0.15) is 29.5 Å². The fourth-order valence-electron chi connectivity index (χ4n) is 3.09. The zero-order valence-electron chi connectivity index (χ0n) is 12.2. The van der Waals surface area contributed by atoms with E-state index in [4.69, 9.17) is 5.84 Å². The quantitative estimate of drug-likeness (QED) is 0.638. The van der Waals surface area contributed by atoms with Gasteiger partial charge >= 0.3 is 0 Å². The molecule has 0 saturated carbocycles. The predicted octanol–water partition coefficient (Wildman–Crippen LogP) is 1.50. The van der Waals surface area contributed by atoms with Gasteiger partial charge in [0.1, 0.15) is 0 Å². The maximum absolute atomic E-state index is 11.5. The van der Waals surface area contributed by atoms with Gasteiger partial charge in [-0.2, -0.15) is 0 Å². The molecule has 1 fully saturated rings. The molecule has 1 aliphatic heterocycles. The highest BCUT2D eigenvalue weighted by Gasteiger charge is 2.29. The van der Waals surface area contributed by atoms with Gasteiger partial charge in [0, 0.05) is 6.04 Å². The van der Waals surface area contributed by atoms with Gasteiger partial charge in [-0.05, 0) is 55.7 Å². The van der Waals surface area contributed by atoms with Gasteiger partial charge in [-0.25, -0.2) is 8.42 Å². The molecule has 0 amide bonds. The van der Waals surface area contributed by atoms with Crippen LogP contribution in [0, 0.1) is 19.8 Å². The molecule has 1 aliphatic rings. The third-order valence-corrected chi connectivity index (χ3v) is 6.11. The van der Waals surface area contributed by atoms with Gasteiger partial charge in [-0.15, -0.1) is 0 Å². The van der Waals surface area contributed by atoms with E-state index in [2.05, 4.69) is 37.5 Å². The maximum Gasteiger partial charge on any atom is 0.150 e. The van der Waals surface area contributed by atoms with Crippen molar-refractivity contribution >= 4 is 9.84 Å². The van der Waals surface area contributed by atoms with E-state index in [0.29, 0.717) is 11.5 Å². The first-order chi connectivity index (χ1) is 9.41. The van der Waals surface area contributed by atoms with Crippen molar-refractivity contribution in [3.05, 3.63) is 34.9 Å². The third-order valence-electron chi connectivity index (χ3n) is 4.28. The number of hydrazine groups is 1. The molecular formula is C15H24N2O2S. The lowest BCUT2D eigenvalue weighted by atomic mass is 9.91. The zero-order valence-corrected chi connectivity index (χ0v) is 13.0. The minimum absolute atomic E-state index is 0.132. The molecule has 2 rings (SSSR count). The molecule has 20 heavy (non-hydrogen) atoms. The van der Waals surface area contributed by atoms with Crippen molar-refractivity contribution in [3.8, 4) is 0 Å². The molecule has 4 nitrogen and oxygen atoms in total. The third kappa shape index (κ3) is 3.81. The summed E-state index contributed by atoms with van der Waals surface area (Å²) in [7, 11) is -2.81. The Balaban J connectivity index is 2.03. The van der Waals surface area contributed by atoms with Crippen LogP contribution in [-0.2, 0) is 16.3 Å². The molecule has 2 unspecified atom stereocenters. The molecule has 0 spiro atoms. The Kier molecular flexibility index (Phi) is 4.83. The monoisotopic (exact) mass is 296 g/mol. The number of nitrogens with one attached hydrogen (secondary N) is 1. The number of aryl methyl sites for hydroxylation is 2. The molecule has 0 bridgehead atoms. The second kappa shape index (κ2) is 6.24. The Hall–Kier alpha value is -0.910. The van der Waals surface area contributed by atoms with E-state index in [-0.39, 0.29) is 12.0 Å². The highest BCUT2D eigenvalue weighted by Crippen LogP contribution is 2.25. The lowest BCUT2D eigenvalue weighted by Crippen LogP contribution is -2.38. The number of hydrogen-bond donors (Lipinski definition) is 2. The molecule has 1 saturated heterocycles. The number of nitrogens with two attached hydrogens (primary N) is 1. The van der Waals surface area contributed by atoms with Crippen LogP contribution in [-0.4, -0.2) is 26.0 Å². The van der Waals surface area contributed by atoms with Crippen molar-refractivity contribution in [2.45, 2.75) is 39.2 Å². The van der Waals surface area contributed by atoms with Gasteiger partial charge in [-0.1, -0.05) is 18.2 Å². The molecule has 0 aromatic heterocycles. The molecule has 3 N–H and O–H groups in total. The fourth-order valence-corrected chi connectivity index (χ4v) is 4.97. The van der Waals surface area contributed by atoms with Crippen LogP contribution in [0.2, 0.25) is 0 Å². The van der Waals surface area contributed by atoms with Crippen molar-refractivity contribution in [2.24, 2.45) is 11.8 Å². The Morgan fingerprint density at radius 3 is 2.50 bits per heavy atom. The van der Waals surface area contributed by atoms with Gasteiger partial charge in [-0.3, -0.25) is 11.3 Å². The molecule has 1 aromatic rings. The Labute approximate surface area is 121 Å². The lowest BCUT2D eigenvalue weighted by Gasteiger charge is -2.21. The number of benzene rings is 1. The second-order valence-corrected chi connectivity index (χ2v) is 8.17. The Morgan fingerprint density at radius 2 is 2.00 bits per heavy atom. The Bertz CT molecular complexity index is 549. The molecule has 5 heteroatoms. The van der Waals surface area contributed by atoms with E-state index >= 15 is 0 Å². The maximum atomic E-state index is 11.5. The fraction of sp³-hybridized carbons (Fsp3) is 0.600. The van der Waals surface area contributed by atoms with Crippen LogP contribution in [0.25, 0.3) is 0 Å². The first kappa shape index (κ1) is 15.5. The molecule has 2 atom stereocenters. The van der Waals surface area contributed by atoms with Crippen LogP contribution in [0.4, 0.5) is 0 Å². The van der Waals surface area contributed by atoms with E-state index in [1.807, 2.05) is 0 Å². The summed E-state index contributed by atoms with van der Waals surface area (Å²) in [6, 6.07) is 6.40. The van der Waals surface area contributed by atoms with Crippen molar-refractivity contribution in [2.75, 3.05) is 11.5 Å². The molecule has 1 heterocycles. The molecule has 0 radical (unpaired) electrons. The number of sulfone groups is 1. The largest absolute Gasteiger partial charge is 0.271 e. The topological polar surface area (TPSA) is 72.2 Å². The van der Waals surface area contributed by atoms with Crippen molar-refractivity contribution < 1.29 is 8.42 Å². The van der Waals surface area contributed by atoms with Gasteiger partial charge in [0.25, 0.3) is 0 Å². The summed E-state index contributed by atoms with van der Waals surface area (Å²) in [4.78, 5) is 0. The molecule has 1 aromatic carbocycles. The zero-order chi connectivity index (χ0) is 14.8. The average Bonchev–Trinajstić information content (AvgIpc) is 2.72. The highest BCUT2D eigenvalue weighted by atomic mass is 32.2. The predicted molar refractivity (Wildman–Crippen MR) is 82.1 cm³/mol. The van der Waals surface area contributed by atoms with Gasteiger partial charge in [0.05, 0.1) is 11.5 Å². The minimum atomic E-state index is -2.81. The summed E-state index contributed by atoms with van der Waals surface area (Å²) in [6.45, 7) is 4.21.